The molecule has 4 nitrogen and oxygen atoms in total. The second-order valence-corrected chi connectivity index (χ2v) is 5.57. The van der Waals surface area contributed by atoms with Crippen molar-refractivity contribution in [2.75, 3.05) is 31.6 Å². The van der Waals surface area contributed by atoms with Crippen LogP contribution in [0.2, 0.25) is 5.02 Å². The Morgan fingerprint density at radius 2 is 2.05 bits per heavy atom. The average molecular weight is 313 g/mol. The van der Waals surface area contributed by atoms with Crippen molar-refractivity contribution in [3.05, 3.63) is 28.8 Å². The van der Waals surface area contributed by atoms with Gasteiger partial charge in [-0.25, -0.2) is 0 Å². The lowest BCUT2D eigenvalue weighted by Crippen LogP contribution is -2.35. The average Bonchev–Trinajstić information content (AvgIpc) is 2.46. The van der Waals surface area contributed by atoms with Gasteiger partial charge in [0.2, 0.25) is 5.91 Å². The van der Waals surface area contributed by atoms with Gasteiger partial charge in [0, 0.05) is 23.9 Å². The van der Waals surface area contributed by atoms with E-state index in [1.165, 1.54) is 0 Å². The lowest BCUT2D eigenvalue weighted by molar-refractivity contribution is -0.117. The zero-order valence-corrected chi connectivity index (χ0v) is 13.6. The Kier molecular flexibility index (Phi) is 8.35. The van der Waals surface area contributed by atoms with Crippen LogP contribution >= 0.6 is 11.6 Å². The van der Waals surface area contributed by atoms with Gasteiger partial charge in [0.1, 0.15) is 0 Å². The molecule has 0 aromatic heterocycles. The molecule has 0 radical (unpaired) electrons. The van der Waals surface area contributed by atoms with E-state index in [4.69, 9.17) is 16.7 Å². The molecule has 0 fully saturated rings. The van der Waals surface area contributed by atoms with E-state index >= 15 is 0 Å². The summed E-state index contributed by atoms with van der Waals surface area (Å²) in [5, 5.41) is 12.5. The number of anilines is 1. The summed E-state index contributed by atoms with van der Waals surface area (Å²) in [6.07, 6.45) is 2.83. The van der Waals surface area contributed by atoms with Gasteiger partial charge >= 0.3 is 0 Å². The molecule has 1 aromatic rings. The molecule has 5 heteroatoms. The first-order chi connectivity index (χ1) is 10.1. The normalized spacial score (nSPS) is 10.9. The molecule has 0 unspecified atom stereocenters. The van der Waals surface area contributed by atoms with E-state index in [0.717, 1.165) is 37.2 Å². The second-order valence-electron chi connectivity index (χ2n) is 5.17. The van der Waals surface area contributed by atoms with Gasteiger partial charge in [-0.15, -0.1) is 0 Å². The molecular weight excluding hydrogens is 288 g/mol. The number of benzene rings is 1. The number of hydrogen-bond acceptors (Lipinski definition) is 3. The zero-order valence-electron chi connectivity index (χ0n) is 12.9. The molecule has 1 rings (SSSR count). The highest BCUT2D eigenvalue weighted by atomic mass is 35.5. The van der Waals surface area contributed by atoms with Crippen molar-refractivity contribution in [1.82, 2.24) is 4.90 Å². The predicted molar refractivity (Wildman–Crippen MR) is 87.9 cm³/mol. The number of halogens is 1. The van der Waals surface area contributed by atoms with Crippen molar-refractivity contribution in [3.63, 3.8) is 0 Å². The third kappa shape index (κ3) is 6.46. The number of hydrogen-bond donors (Lipinski definition) is 2. The summed E-state index contributed by atoms with van der Waals surface area (Å²) in [7, 11) is 0. The summed E-state index contributed by atoms with van der Waals surface area (Å²) in [5.41, 5.74) is 1.63. The SMILES string of the molecule is CCCCN(CCCO)CC(=O)Nc1cccc(Cl)c1C. The van der Waals surface area contributed by atoms with Gasteiger partial charge in [-0.1, -0.05) is 31.0 Å². The van der Waals surface area contributed by atoms with Crippen LogP contribution in [0, 0.1) is 6.92 Å². The van der Waals surface area contributed by atoms with Crippen molar-refractivity contribution in [2.24, 2.45) is 0 Å². The quantitative estimate of drug-likeness (QED) is 0.737. The predicted octanol–water partition coefficient (Wildman–Crippen LogP) is 3.07. The first-order valence-electron chi connectivity index (χ1n) is 7.46. The summed E-state index contributed by atoms with van der Waals surface area (Å²) in [4.78, 5) is 14.2. The highest BCUT2D eigenvalue weighted by Gasteiger charge is 2.12. The Labute approximate surface area is 132 Å². The molecule has 0 saturated heterocycles. The maximum atomic E-state index is 12.2. The van der Waals surface area contributed by atoms with E-state index < -0.39 is 0 Å². The number of carbonyl (C=O) groups is 1. The van der Waals surface area contributed by atoms with Gasteiger partial charge < -0.3 is 10.4 Å². The molecule has 0 atom stereocenters. The summed E-state index contributed by atoms with van der Waals surface area (Å²) < 4.78 is 0. The first kappa shape index (κ1) is 18.0. The Morgan fingerprint density at radius 3 is 2.71 bits per heavy atom. The third-order valence-corrected chi connectivity index (χ3v) is 3.78. The van der Waals surface area contributed by atoms with Crippen molar-refractivity contribution >= 4 is 23.2 Å². The number of unbranched alkanes of at least 4 members (excludes halogenated alkanes) is 1. The van der Waals surface area contributed by atoms with Gasteiger partial charge in [-0.05, 0) is 44.0 Å². The van der Waals surface area contributed by atoms with Crippen LogP contribution in [-0.4, -0.2) is 42.2 Å². The zero-order chi connectivity index (χ0) is 15.7. The van der Waals surface area contributed by atoms with E-state index in [1.54, 1.807) is 6.07 Å². The minimum atomic E-state index is -0.0468. The maximum Gasteiger partial charge on any atom is 0.238 e. The van der Waals surface area contributed by atoms with Crippen LogP contribution in [0.25, 0.3) is 0 Å². The largest absolute Gasteiger partial charge is 0.396 e. The molecule has 1 amide bonds. The summed E-state index contributed by atoms with van der Waals surface area (Å²) in [6.45, 7) is 6.11. The highest BCUT2D eigenvalue weighted by Crippen LogP contribution is 2.22. The Hall–Kier alpha value is -1.10. The molecule has 0 aliphatic carbocycles. The second kappa shape index (κ2) is 9.77. The Balaban J connectivity index is 2.57. The fourth-order valence-corrected chi connectivity index (χ4v) is 2.26. The minimum Gasteiger partial charge on any atom is -0.396 e. The fraction of sp³-hybridized carbons (Fsp3) is 0.562. The van der Waals surface area contributed by atoms with Crippen LogP contribution in [0.4, 0.5) is 5.69 Å². The van der Waals surface area contributed by atoms with Crippen LogP contribution < -0.4 is 5.32 Å². The third-order valence-electron chi connectivity index (χ3n) is 3.37. The molecule has 0 aliphatic rings. The first-order valence-corrected chi connectivity index (χ1v) is 7.84. The molecule has 118 valence electrons. The standard InChI is InChI=1S/C16H25ClN2O2/c1-3-4-9-19(10-6-11-20)12-16(21)18-15-8-5-7-14(17)13(15)2/h5,7-8,20H,3-4,6,9-12H2,1-2H3,(H,18,21). The molecule has 0 saturated carbocycles. The van der Waals surface area contributed by atoms with Crippen molar-refractivity contribution in [2.45, 2.75) is 33.1 Å². The summed E-state index contributed by atoms with van der Waals surface area (Å²) in [6, 6.07) is 5.48. The summed E-state index contributed by atoms with van der Waals surface area (Å²) >= 11 is 6.05. The maximum absolute atomic E-state index is 12.2. The van der Waals surface area contributed by atoms with Gasteiger partial charge in [-0.2, -0.15) is 0 Å². The number of carbonyl (C=O) groups excluding carboxylic acids is 1. The van der Waals surface area contributed by atoms with Crippen LogP contribution in [0.3, 0.4) is 0 Å². The number of nitrogens with zero attached hydrogens (tertiary/aromatic N) is 1. The molecule has 1 aromatic carbocycles. The van der Waals surface area contributed by atoms with Crippen molar-refractivity contribution < 1.29 is 9.90 Å². The lowest BCUT2D eigenvalue weighted by Gasteiger charge is -2.21. The lowest BCUT2D eigenvalue weighted by atomic mass is 10.2. The van der Waals surface area contributed by atoms with Gasteiger partial charge in [-0.3, -0.25) is 9.69 Å². The van der Waals surface area contributed by atoms with Gasteiger partial charge in [0.25, 0.3) is 0 Å². The van der Waals surface area contributed by atoms with E-state index in [-0.39, 0.29) is 12.5 Å². The van der Waals surface area contributed by atoms with Gasteiger partial charge in [0.15, 0.2) is 0 Å². The van der Waals surface area contributed by atoms with Crippen molar-refractivity contribution in [1.29, 1.82) is 0 Å². The van der Waals surface area contributed by atoms with E-state index in [1.807, 2.05) is 19.1 Å². The van der Waals surface area contributed by atoms with E-state index in [2.05, 4.69) is 17.1 Å². The number of aliphatic hydroxyl groups excluding tert-OH is 1. The van der Waals surface area contributed by atoms with Crippen LogP contribution in [-0.2, 0) is 4.79 Å². The number of amides is 1. The minimum absolute atomic E-state index is 0.0468. The number of rotatable bonds is 9. The highest BCUT2D eigenvalue weighted by molar-refractivity contribution is 6.31. The van der Waals surface area contributed by atoms with Gasteiger partial charge in [0.05, 0.1) is 6.54 Å². The Morgan fingerprint density at radius 1 is 1.33 bits per heavy atom. The molecule has 0 aliphatic heterocycles. The van der Waals surface area contributed by atoms with Crippen molar-refractivity contribution in [3.8, 4) is 0 Å². The molecular formula is C16H25ClN2O2. The smallest absolute Gasteiger partial charge is 0.238 e. The van der Waals surface area contributed by atoms with E-state index in [0.29, 0.717) is 18.0 Å². The Bertz CT molecular complexity index is 444. The molecule has 0 spiro atoms. The molecule has 21 heavy (non-hydrogen) atoms. The molecule has 0 bridgehead atoms. The van der Waals surface area contributed by atoms with Crippen LogP contribution in [0.1, 0.15) is 31.7 Å². The summed E-state index contributed by atoms with van der Waals surface area (Å²) in [5.74, 6) is -0.0468. The number of nitrogens with one attached hydrogen (secondary N) is 1. The molecule has 2 N–H and O–H groups in total. The van der Waals surface area contributed by atoms with E-state index in [9.17, 15) is 4.79 Å². The topological polar surface area (TPSA) is 52.6 Å². The monoisotopic (exact) mass is 312 g/mol. The number of aliphatic hydroxyl groups is 1. The van der Waals surface area contributed by atoms with Crippen LogP contribution in [0.5, 0.6) is 0 Å². The molecule has 0 heterocycles. The van der Waals surface area contributed by atoms with Crippen LogP contribution in [0.15, 0.2) is 18.2 Å². The fourth-order valence-electron chi connectivity index (χ4n) is 2.08.